The smallest absolute Gasteiger partial charge is 0.275 e. The van der Waals surface area contributed by atoms with Crippen LogP contribution in [0, 0.1) is 16.0 Å². The van der Waals surface area contributed by atoms with Crippen LogP contribution in [0.15, 0.2) is 18.2 Å². The quantitative estimate of drug-likeness (QED) is 0.484. The van der Waals surface area contributed by atoms with Crippen LogP contribution in [-0.2, 0) is 0 Å². The van der Waals surface area contributed by atoms with Gasteiger partial charge >= 0.3 is 0 Å². The lowest BCUT2D eigenvalue weighted by molar-refractivity contribution is -0.384. The van der Waals surface area contributed by atoms with E-state index in [2.05, 4.69) is 0 Å². The topological polar surface area (TPSA) is 78.4 Å². The maximum Gasteiger partial charge on any atom is 0.275 e. The van der Waals surface area contributed by atoms with E-state index >= 15 is 0 Å². The van der Waals surface area contributed by atoms with Crippen molar-refractivity contribution in [3.8, 4) is 5.75 Å². The highest BCUT2D eigenvalue weighted by atomic mass is 16.6. The molecule has 0 aliphatic heterocycles. The molecule has 1 fully saturated rings. The van der Waals surface area contributed by atoms with Crippen molar-refractivity contribution < 1.29 is 9.66 Å². The summed E-state index contributed by atoms with van der Waals surface area (Å²) in [4.78, 5) is 10.2. The van der Waals surface area contributed by atoms with Crippen molar-refractivity contribution in [2.45, 2.75) is 25.7 Å². The van der Waals surface area contributed by atoms with Gasteiger partial charge in [-0.3, -0.25) is 10.1 Å². The second-order valence-corrected chi connectivity index (χ2v) is 4.45. The molecule has 92 valence electrons. The lowest BCUT2D eigenvalue weighted by Crippen LogP contribution is -2.14. The van der Waals surface area contributed by atoms with Gasteiger partial charge in [0.25, 0.3) is 5.69 Å². The highest BCUT2D eigenvalue weighted by molar-refractivity contribution is 5.53. The van der Waals surface area contributed by atoms with Gasteiger partial charge in [-0.2, -0.15) is 0 Å². The number of ether oxygens (including phenoxy) is 1. The number of non-ortho nitro benzene ring substituents is 1. The molecule has 17 heavy (non-hydrogen) atoms. The zero-order valence-corrected chi connectivity index (χ0v) is 9.59. The fourth-order valence-corrected chi connectivity index (χ4v) is 1.92. The highest BCUT2D eigenvalue weighted by Crippen LogP contribution is 2.30. The summed E-state index contributed by atoms with van der Waals surface area (Å²) in [6.45, 7) is 0.602. The molecule has 0 saturated heterocycles. The van der Waals surface area contributed by atoms with Crippen molar-refractivity contribution >= 4 is 11.4 Å². The van der Waals surface area contributed by atoms with Crippen LogP contribution in [0.25, 0.3) is 0 Å². The molecule has 0 heterocycles. The summed E-state index contributed by atoms with van der Waals surface area (Å²) in [7, 11) is 0. The molecule has 1 saturated carbocycles. The minimum Gasteiger partial charge on any atom is -0.493 e. The molecule has 2 rings (SSSR count). The number of hydrogen-bond donors (Lipinski definition) is 1. The fourth-order valence-electron chi connectivity index (χ4n) is 1.92. The Kier molecular flexibility index (Phi) is 3.46. The van der Waals surface area contributed by atoms with Gasteiger partial charge in [0.2, 0.25) is 0 Å². The minimum absolute atomic E-state index is 0.0244. The first kappa shape index (κ1) is 11.7. The van der Waals surface area contributed by atoms with Gasteiger partial charge in [-0.05, 0) is 12.3 Å². The second-order valence-electron chi connectivity index (χ2n) is 4.45. The van der Waals surface area contributed by atoms with Gasteiger partial charge in [-0.25, -0.2) is 0 Å². The molecule has 0 atom stereocenters. The van der Waals surface area contributed by atoms with E-state index in [4.69, 9.17) is 10.5 Å². The summed E-state index contributed by atoms with van der Waals surface area (Å²) in [6.07, 6.45) is 4.89. The van der Waals surface area contributed by atoms with E-state index in [1.807, 2.05) is 0 Å². The van der Waals surface area contributed by atoms with E-state index in [1.54, 1.807) is 6.07 Å². The van der Waals surface area contributed by atoms with E-state index in [-0.39, 0.29) is 5.69 Å². The number of rotatable bonds is 5. The molecule has 5 heteroatoms. The molecule has 5 nitrogen and oxygen atoms in total. The third kappa shape index (κ3) is 3.09. The van der Waals surface area contributed by atoms with Crippen LogP contribution in [-0.4, -0.2) is 11.5 Å². The van der Waals surface area contributed by atoms with Crippen LogP contribution in [0.3, 0.4) is 0 Å². The fraction of sp³-hybridized carbons (Fsp3) is 0.500. The average Bonchev–Trinajstić information content (AvgIpc) is 2.21. The van der Waals surface area contributed by atoms with Gasteiger partial charge < -0.3 is 10.5 Å². The number of nitro benzene ring substituents is 1. The van der Waals surface area contributed by atoms with Crippen molar-refractivity contribution in [3.05, 3.63) is 28.3 Å². The van der Waals surface area contributed by atoms with E-state index < -0.39 is 4.92 Å². The first-order valence-corrected chi connectivity index (χ1v) is 5.83. The number of anilines is 1. The number of hydrogen-bond acceptors (Lipinski definition) is 4. The Hall–Kier alpha value is -1.78. The van der Waals surface area contributed by atoms with Crippen LogP contribution in [0.2, 0.25) is 0 Å². The Morgan fingerprint density at radius 1 is 1.41 bits per heavy atom. The lowest BCUT2D eigenvalue weighted by atomic mass is 9.83. The van der Waals surface area contributed by atoms with Gasteiger partial charge in [0, 0.05) is 17.8 Å². The maximum absolute atomic E-state index is 10.6. The van der Waals surface area contributed by atoms with Gasteiger partial charge in [0.1, 0.15) is 5.75 Å². The predicted molar refractivity (Wildman–Crippen MR) is 65.0 cm³/mol. The van der Waals surface area contributed by atoms with Crippen LogP contribution in [0.5, 0.6) is 5.75 Å². The molecule has 1 aliphatic carbocycles. The first-order chi connectivity index (χ1) is 8.15. The van der Waals surface area contributed by atoms with Crippen LogP contribution < -0.4 is 10.5 Å². The Balaban J connectivity index is 1.92. The van der Waals surface area contributed by atoms with E-state index in [0.29, 0.717) is 18.0 Å². The molecule has 2 N–H and O–H groups in total. The molecular formula is C12H16N2O3. The first-order valence-electron chi connectivity index (χ1n) is 5.83. The lowest BCUT2D eigenvalue weighted by Gasteiger charge is -2.24. The number of benzene rings is 1. The zero-order chi connectivity index (χ0) is 12.3. The number of nitrogens with two attached hydrogens (primary N) is 1. The van der Waals surface area contributed by atoms with Crippen molar-refractivity contribution in [1.29, 1.82) is 0 Å². The summed E-state index contributed by atoms with van der Waals surface area (Å²) in [5.74, 6) is 1.25. The van der Waals surface area contributed by atoms with Crippen molar-refractivity contribution in [1.82, 2.24) is 0 Å². The number of nitrogens with zero attached hydrogens (tertiary/aromatic N) is 1. The Morgan fingerprint density at radius 2 is 2.18 bits per heavy atom. The summed E-state index contributed by atoms with van der Waals surface area (Å²) in [5.41, 5.74) is 5.92. The normalized spacial score (nSPS) is 15.3. The molecule has 0 radical (unpaired) electrons. The average molecular weight is 236 g/mol. The molecule has 0 unspecified atom stereocenters. The second kappa shape index (κ2) is 5.03. The standard InChI is InChI=1S/C12H16N2O3/c13-10-6-11(14(15)16)8-12(7-10)17-5-4-9-2-1-3-9/h6-9H,1-5,13H2. The highest BCUT2D eigenvalue weighted by Gasteiger charge is 2.17. The predicted octanol–water partition coefficient (Wildman–Crippen LogP) is 2.75. The molecule has 1 aliphatic rings. The molecule has 0 amide bonds. The van der Waals surface area contributed by atoms with Gasteiger partial charge in [-0.1, -0.05) is 19.3 Å². The molecule has 0 aromatic heterocycles. The van der Waals surface area contributed by atoms with E-state index in [9.17, 15) is 10.1 Å². The molecule has 0 bridgehead atoms. The van der Waals surface area contributed by atoms with Gasteiger partial charge in [0.05, 0.1) is 17.6 Å². The minimum atomic E-state index is -0.463. The van der Waals surface area contributed by atoms with Gasteiger partial charge in [-0.15, -0.1) is 0 Å². The summed E-state index contributed by atoms with van der Waals surface area (Å²) < 4.78 is 5.50. The van der Waals surface area contributed by atoms with E-state index in [0.717, 1.165) is 12.3 Å². The Labute approximate surface area is 99.7 Å². The Morgan fingerprint density at radius 3 is 2.76 bits per heavy atom. The summed E-state index contributed by atoms with van der Waals surface area (Å²) in [6, 6.07) is 4.36. The van der Waals surface area contributed by atoms with Crippen LogP contribution >= 0.6 is 0 Å². The van der Waals surface area contributed by atoms with Crippen molar-refractivity contribution in [2.24, 2.45) is 5.92 Å². The zero-order valence-electron chi connectivity index (χ0n) is 9.59. The Bertz CT molecular complexity index is 416. The molecular weight excluding hydrogens is 220 g/mol. The SMILES string of the molecule is Nc1cc(OCCC2CCC2)cc([N+](=O)[O-])c1. The van der Waals surface area contributed by atoms with E-state index in [1.165, 1.54) is 31.4 Å². The van der Waals surface area contributed by atoms with Gasteiger partial charge in [0.15, 0.2) is 0 Å². The maximum atomic E-state index is 10.6. The molecule has 0 spiro atoms. The molecule has 1 aromatic rings. The van der Waals surface area contributed by atoms with Crippen molar-refractivity contribution in [3.63, 3.8) is 0 Å². The number of nitro groups is 1. The molecule has 1 aromatic carbocycles. The summed E-state index contributed by atoms with van der Waals surface area (Å²) >= 11 is 0. The monoisotopic (exact) mass is 236 g/mol. The van der Waals surface area contributed by atoms with Crippen LogP contribution in [0.1, 0.15) is 25.7 Å². The number of nitrogen functional groups attached to an aromatic ring is 1. The third-order valence-corrected chi connectivity index (χ3v) is 3.14. The largest absolute Gasteiger partial charge is 0.493 e. The van der Waals surface area contributed by atoms with Crippen LogP contribution in [0.4, 0.5) is 11.4 Å². The van der Waals surface area contributed by atoms with Crippen molar-refractivity contribution in [2.75, 3.05) is 12.3 Å². The summed E-state index contributed by atoms with van der Waals surface area (Å²) in [5, 5.41) is 10.6. The third-order valence-electron chi connectivity index (χ3n) is 3.14.